The van der Waals surface area contributed by atoms with Gasteiger partial charge < -0.3 is 4.90 Å². The first kappa shape index (κ1) is 13.5. The van der Waals surface area contributed by atoms with Crippen molar-refractivity contribution in [2.45, 2.75) is 30.8 Å². The Hall–Kier alpha value is -0.910. The Balaban J connectivity index is 2.09. The molecule has 0 radical (unpaired) electrons. The third kappa shape index (κ3) is 3.31. The lowest BCUT2D eigenvalue weighted by atomic mass is 10.1. The predicted molar refractivity (Wildman–Crippen MR) is 70.0 cm³/mol. The van der Waals surface area contributed by atoms with Crippen LogP contribution in [0.1, 0.15) is 18.4 Å². The van der Waals surface area contributed by atoms with Gasteiger partial charge in [0.2, 0.25) is 0 Å². The predicted octanol–water partition coefficient (Wildman–Crippen LogP) is 1.79. The highest BCUT2D eigenvalue weighted by molar-refractivity contribution is 7.86. The minimum atomic E-state index is -3.63. The normalized spacial score (nSPS) is 22.0. The van der Waals surface area contributed by atoms with Gasteiger partial charge in [0.1, 0.15) is 0 Å². The number of hydrogen-bond acceptors (Lipinski definition) is 4. The van der Waals surface area contributed by atoms with Crippen molar-refractivity contribution in [3.8, 4) is 0 Å². The minimum absolute atomic E-state index is 0.227. The highest BCUT2D eigenvalue weighted by Crippen LogP contribution is 2.19. The van der Waals surface area contributed by atoms with Crippen LogP contribution in [0, 0.1) is 6.92 Å². The zero-order valence-electron chi connectivity index (χ0n) is 10.8. The number of rotatable bonds is 3. The van der Waals surface area contributed by atoms with E-state index in [1.54, 1.807) is 24.3 Å². The van der Waals surface area contributed by atoms with E-state index < -0.39 is 10.1 Å². The molecule has 0 spiro atoms. The number of benzene rings is 1. The summed E-state index contributed by atoms with van der Waals surface area (Å²) in [5.74, 6) is 0. The Kier molecular flexibility index (Phi) is 4.04. The molecule has 0 N–H and O–H groups in total. The summed E-state index contributed by atoms with van der Waals surface area (Å²) in [7, 11) is -1.65. The zero-order chi connectivity index (χ0) is 13.2. The molecule has 5 heteroatoms. The summed E-state index contributed by atoms with van der Waals surface area (Å²) in [5.41, 5.74) is 1.03. The Morgan fingerprint density at radius 1 is 1.28 bits per heavy atom. The average Bonchev–Trinajstić information content (AvgIpc) is 2.29. The second kappa shape index (κ2) is 5.38. The maximum atomic E-state index is 12.1. The molecule has 0 unspecified atom stereocenters. The molecule has 1 atom stereocenters. The van der Waals surface area contributed by atoms with Crippen LogP contribution in [0.15, 0.2) is 29.2 Å². The molecule has 1 aromatic carbocycles. The van der Waals surface area contributed by atoms with E-state index in [1.165, 1.54) is 0 Å². The second-order valence-corrected chi connectivity index (χ2v) is 6.46. The van der Waals surface area contributed by atoms with Crippen molar-refractivity contribution >= 4 is 10.1 Å². The quantitative estimate of drug-likeness (QED) is 0.785. The fraction of sp³-hybridized carbons (Fsp3) is 0.538. The van der Waals surface area contributed by atoms with Gasteiger partial charge in [0, 0.05) is 6.54 Å². The van der Waals surface area contributed by atoms with E-state index >= 15 is 0 Å². The van der Waals surface area contributed by atoms with Crippen LogP contribution in [-0.4, -0.2) is 39.6 Å². The van der Waals surface area contributed by atoms with E-state index in [1.807, 2.05) is 14.0 Å². The smallest absolute Gasteiger partial charge is 0.297 e. The fourth-order valence-electron chi connectivity index (χ4n) is 2.14. The van der Waals surface area contributed by atoms with E-state index in [9.17, 15) is 8.42 Å². The standard InChI is InChI=1S/C13H19NO3S/c1-11-5-7-13(8-6-11)18(15,16)17-12-4-3-9-14(2)10-12/h5-8,12H,3-4,9-10H2,1-2H3/t12-/m1/s1. The molecule has 0 amide bonds. The second-order valence-electron chi connectivity index (χ2n) is 4.89. The molecule has 4 nitrogen and oxygen atoms in total. The molecule has 2 rings (SSSR count). The number of hydrogen-bond donors (Lipinski definition) is 0. The topological polar surface area (TPSA) is 46.6 Å². The van der Waals surface area contributed by atoms with Gasteiger partial charge in [-0.05, 0) is 45.5 Å². The van der Waals surface area contributed by atoms with E-state index in [0.29, 0.717) is 6.54 Å². The van der Waals surface area contributed by atoms with Gasteiger partial charge in [0.15, 0.2) is 0 Å². The van der Waals surface area contributed by atoms with Crippen molar-refractivity contribution in [1.82, 2.24) is 4.90 Å². The van der Waals surface area contributed by atoms with E-state index in [0.717, 1.165) is 24.9 Å². The van der Waals surface area contributed by atoms with Crippen molar-refractivity contribution in [3.63, 3.8) is 0 Å². The summed E-state index contributed by atoms with van der Waals surface area (Å²) in [4.78, 5) is 2.33. The first-order valence-electron chi connectivity index (χ1n) is 6.16. The molecule has 0 aliphatic carbocycles. The van der Waals surface area contributed by atoms with Crippen LogP contribution in [0.25, 0.3) is 0 Å². The highest BCUT2D eigenvalue weighted by atomic mass is 32.2. The van der Waals surface area contributed by atoms with Gasteiger partial charge in [0.05, 0.1) is 11.0 Å². The molecule has 18 heavy (non-hydrogen) atoms. The lowest BCUT2D eigenvalue weighted by molar-refractivity contribution is 0.110. The van der Waals surface area contributed by atoms with Crippen molar-refractivity contribution < 1.29 is 12.6 Å². The Bertz CT molecular complexity index is 495. The molecule has 0 saturated carbocycles. The Morgan fingerprint density at radius 3 is 2.56 bits per heavy atom. The van der Waals surface area contributed by atoms with Gasteiger partial charge in [-0.25, -0.2) is 0 Å². The summed E-state index contributed by atoms with van der Waals surface area (Å²) in [6.45, 7) is 3.60. The third-order valence-electron chi connectivity index (χ3n) is 3.15. The minimum Gasteiger partial charge on any atom is -0.304 e. The molecular weight excluding hydrogens is 250 g/mol. The molecule has 0 bridgehead atoms. The van der Waals surface area contributed by atoms with Crippen LogP contribution in [0.5, 0.6) is 0 Å². The van der Waals surface area contributed by atoms with Crippen molar-refractivity contribution in [2.24, 2.45) is 0 Å². The zero-order valence-corrected chi connectivity index (χ0v) is 11.6. The molecule has 0 aromatic heterocycles. The van der Waals surface area contributed by atoms with Gasteiger partial charge in [0.25, 0.3) is 10.1 Å². The highest BCUT2D eigenvalue weighted by Gasteiger charge is 2.25. The van der Waals surface area contributed by atoms with Crippen LogP contribution in [0.4, 0.5) is 0 Å². The Morgan fingerprint density at radius 2 is 1.94 bits per heavy atom. The van der Waals surface area contributed by atoms with Crippen molar-refractivity contribution in [1.29, 1.82) is 0 Å². The number of likely N-dealkylation sites (N-methyl/N-ethyl adjacent to an activating group) is 1. The number of piperidine rings is 1. The largest absolute Gasteiger partial charge is 0.304 e. The summed E-state index contributed by atoms with van der Waals surface area (Å²) in [6, 6.07) is 6.75. The van der Waals surface area contributed by atoms with Gasteiger partial charge in [-0.15, -0.1) is 0 Å². The van der Waals surface area contributed by atoms with Gasteiger partial charge in [-0.2, -0.15) is 8.42 Å². The third-order valence-corrected chi connectivity index (χ3v) is 4.53. The lowest BCUT2D eigenvalue weighted by Crippen LogP contribution is -2.38. The van der Waals surface area contributed by atoms with Crippen LogP contribution < -0.4 is 0 Å². The lowest BCUT2D eigenvalue weighted by Gasteiger charge is -2.28. The van der Waals surface area contributed by atoms with Gasteiger partial charge in [-0.3, -0.25) is 4.18 Å². The van der Waals surface area contributed by atoms with Crippen LogP contribution >= 0.6 is 0 Å². The van der Waals surface area contributed by atoms with Crippen molar-refractivity contribution in [2.75, 3.05) is 20.1 Å². The van der Waals surface area contributed by atoms with E-state index in [-0.39, 0.29) is 11.0 Å². The first-order valence-corrected chi connectivity index (χ1v) is 7.57. The molecular formula is C13H19NO3S. The van der Waals surface area contributed by atoms with E-state index in [2.05, 4.69) is 4.90 Å². The molecule has 1 fully saturated rings. The summed E-state index contributed by atoms with van der Waals surface area (Å²) in [5, 5.41) is 0. The molecule has 100 valence electrons. The van der Waals surface area contributed by atoms with Crippen molar-refractivity contribution in [3.05, 3.63) is 29.8 Å². The summed E-state index contributed by atoms with van der Waals surface area (Å²) < 4.78 is 29.5. The maximum Gasteiger partial charge on any atom is 0.297 e. The molecule has 1 aliphatic heterocycles. The molecule has 1 heterocycles. The van der Waals surface area contributed by atoms with Crippen LogP contribution in [0.3, 0.4) is 0 Å². The average molecular weight is 269 g/mol. The summed E-state index contributed by atoms with van der Waals surface area (Å²) >= 11 is 0. The molecule has 1 saturated heterocycles. The number of nitrogens with zero attached hydrogens (tertiary/aromatic N) is 1. The van der Waals surface area contributed by atoms with Crippen LogP contribution in [-0.2, 0) is 14.3 Å². The maximum absolute atomic E-state index is 12.1. The van der Waals surface area contributed by atoms with Crippen LogP contribution in [0.2, 0.25) is 0 Å². The van der Waals surface area contributed by atoms with Gasteiger partial charge in [-0.1, -0.05) is 17.7 Å². The van der Waals surface area contributed by atoms with E-state index in [4.69, 9.17) is 4.18 Å². The molecule has 1 aromatic rings. The fourth-order valence-corrected chi connectivity index (χ4v) is 3.23. The SMILES string of the molecule is Cc1ccc(S(=O)(=O)O[C@@H]2CCCN(C)C2)cc1. The van der Waals surface area contributed by atoms with Gasteiger partial charge >= 0.3 is 0 Å². The molecule has 1 aliphatic rings. The number of aryl methyl sites for hydroxylation is 1. The summed E-state index contributed by atoms with van der Waals surface area (Å²) in [6.07, 6.45) is 1.55. The monoisotopic (exact) mass is 269 g/mol. The Labute approximate surface area is 109 Å². The number of likely N-dealkylation sites (tertiary alicyclic amines) is 1. The first-order chi connectivity index (χ1) is 8.47.